The van der Waals surface area contributed by atoms with E-state index in [1.807, 2.05) is 48.5 Å². The van der Waals surface area contributed by atoms with Gasteiger partial charge in [0.2, 0.25) is 5.13 Å². The lowest BCUT2D eigenvalue weighted by Gasteiger charge is -2.04. The Morgan fingerprint density at radius 2 is 1.88 bits per heavy atom. The van der Waals surface area contributed by atoms with Gasteiger partial charge in [-0.3, -0.25) is 10.1 Å². The van der Waals surface area contributed by atoms with Crippen LogP contribution in [0.15, 0.2) is 65.1 Å². The minimum absolute atomic E-state index is 0.0937. The Bertz CT molecular complexity index is 978. The average Bonchev–Trinajstić information content (AvgIpc) is 3.27. The molecule has 0 saturated heterocycles. The topological polar surface area (TPSA) is 77.2 Å². The zero-order valence-electron chi connectivity index (χ0n) is 13.0. The molecule has 0 aliphatic rings. The Kier molecular flexibility index (Phi) is 4.14. The van der Waals surface area contributed by atoms with E-state index in [9.17, 15) is 4.79 Å². The first kappa shape index (κ1) is 15.3. The molecule has 4 aromatic rings. The molecule has 0 aliphatic carbocycles. The Morgan fingerprint density at radius 1 is 1.08 bits per heavy atom. The summed E-state index contributed by atoms with van der Waals surface area (Å²) in [6.07, 6.45) is 0. The minimum Gasteiger partial charge on any atom is -0.484 e. The van der Waals surface area contributed by atoms with E-state index in [2.05, 4.69) is 15.5 Å². The van der Waals surface area contributed by atoms with Crippen LogP contribution in [-0.2, 0) is 4.79 Å². The van der Waals surface area contributed by atoms with Crippen LogP contribution in [0.2, 0.25) is 0 Å². The number of carbonyl (C=O) groups is 1. The largest absolute Gasteiger partial charge is 0.484 e. The summed E-state index contributed by atoms with van der Waals surface area (Å²) in [7, 11) is 0. The smallest absolute Gasteiger partial charge is 0.264 e. The van der Waals surface area contributed by atoms with Crippen LogP contribution in [0.4, 0.5) is 5.13 Å². The van der Waals surface area contributed by atoms with Gasteiger partial charge in [-0.2, -0.15) is 0 Å². The van der Waals surface area contributed by atoms with Crippen LogP contribution < -0.4 is 10.1 Å². The van der Waals surface area contributed by atoms with Crippen LogP contribution in [-0.4, -0.2) is 22.7 Å². The number of hydrogen-bond donors (Lipinski definition) is 1. The van der Waals surface area contributed by atoms with Gasteiger partial charge in [0.25, 0.3) is 5.91 Å². The van der Waals surface area contributed by atoms with Crippen molar-refractivity contribution in [3.63, 3.8) is 0 Å². The molecule has 1 amide bonds. The molecule has 0 unspecified atom stereocenters. The summed E-state index contributed by atoms with van der Waals surface area (Å²) in [6, 6.07) is 18.8. The Morgan fingerprint density at radius 3 is 2.72 bits per heavy atom. The second-order valence-corrected chi connectivity index (χ2v) is 6.19. The number of benzene rings is 2. The van der Waals surface area contributed by atoms with Gasteiger partial charge in [-0.25, -0.2) is 0 Å². The van der Waals surface area contributed by atoms with Crippen molar-refractivity contribution >= 4 is 33.3 Å². The number of amides is 1. The number of rotatable bonds is 5. The number of fused-ring (bicyclic) bond motifs is 1. The van der Waals surface area contributed by atoms with Crippen molar-refractivity contribution < 1.29 is 13.9 Å². The summed E-state index contributed by atoms with van der Waals surface area (Å²) in [4.78, 5) is 12.0. The highest BCUT2D eigenvalue weighted by Gasteiger charge is 2.13. The van der Waals surface area contributed by atoms with Crippen LogP contribution in [0, 0.1) is 0 Å². The lowest BCUT2D eigenvalue weighted by molar-refractivity contribution is -0.118. The molecule has 25 heavy (non-hydrogen) atoms. The predicted octanol–water partition coefficient (Wildman–Crippen LogP) is 3.97. The highest BCUT2D eigenvalue weighted by molar-refractivity contribution is 7.18. The zero-order chi connectivity index (χ0) is 17.1. The van der Waals surface area contributed by atoms with Crippen LogP contribution in [0.5, 0.6) is 5.75 Å². The van der Waals surface area contributed by atoms with Crippen molar-refractivity contribution in [3.05, 3.63) is 60.7 Å². The number of nitrogens with one attached hydrogen (secondary N) is 1. The summed E-state index contributed by atoms with van der Waals surface area (Å²) >= 11 is 1.25. The molecule has 6 nitrogen and oxygen atoms in total. The van der Waals surface area contributed by atoms with Crippen molar-refractivity contribution in [2.45, 2.75) is 0 Å². The second kappa shape index (κ2) is 6.74. The van der Waals surface area contributed by atoms with Crippen molar-refractivity contribution in [2.24, 2.45) is 0 Å². The average molecular weight is 351 g/mol. The molecule has 0 spiro atoms. The lowest BCUT2D eigenvalue weighted by Crippen LogP contribution is -2.20. The van der Waals surface area contributed by atoms with Gasteiger partial charge in [-0.05, 0) is 24.3 Å². The van der Waals surface area contributed by atoms with E-state index >= 15 is 0 Å². The molecule has 7 heteroatoms. The third-order valence-corrected chi connectivity index (χ3v) is 4.27. The first-order chi connectivity index (χ1) is 12.3. The standard InChI is InChI=1S/C18H13N3O3S/c22-16(11-23-13-7-2-1-3-8-13)19-18-21-20-17(25-18)15-10-12-6-4-5-9-14(12)24-15/h1-10H,11H2,(H,19,21,22). The summed E-state index contributed by atoms with van der Waals surface area (Å²) in [5.74, 6) is 0.966. The van der Waals surface area contributed by atoms with E-state index in [0.29, 0.717) is 21.6 Å². The van der Waals surface area contributed by atoms with E-state index < -0.39 is 0 Å². The molecule has 2 aromatic carbocycles. The van der Waals surface area contributed by atoms with Gasteiger partial charge < -0.3 is 9.15 Å². The fourth-order valence-corrected chi connectivity index (χ4v) is 2.99. The number of carbonyl (C=O) groups excluding carboxylic acids is 1. The van der Waals surface area contributed by atoms with Crippen LogP contribution >= 0.6 is 11.3 Å². The highest BCUT2D eigenvalue weighted by atomic mass is 32.1. The normalized spacial score (nSPS) is 10.7. The summed E-state index contributed by atoms with van der Waals surface area (Å²) in [6.45, 7) is -0.0937. The molecule has 0 saturated carbocycles. The first-order valence-corrected chi connectivity index (χ1v) is 8.40. The SMILES string of the molecule is O=C(COc1ccccc1)Nc1nnc(-c2cc3ccccc3o2)s1. The number of hydrogen-bond acceptors (Lipinski definition) is 6. The van der Waals surface area contributed by atoms with Gasteiger partial charge in [0, 0.05) is 5.39 Å². The van der Waals surface area contributed by atoms with Crippen molar-refractivity contribution in [2.75, 3.05) is 11.9 Å². The summed E-state index contributed by atoms with van der Waals surface area (Å²) in [5.41, 5.74) is 0.787. The molecule has 1 N–H and O–H groups in total. The summed E-state index contributed by atoms with van der Waals surface area (Å²) < 4.78 is 11.1. The number of furan rings is 1. The maximum Gasteiger partial charge on any atom is 0.264 e. The fraction of sp³-hybridized carbons (Fsp3) is 0.0556. The van der Waals surface area contributed by atoms with Crippen LogP contribution in [0.1, 0.15) is 0 Å². The van der Waals surface area contributed by atoms with Crippen molar-refractivity contribution in [1.82, 2.24) is 10.2 Å². The highest BCUT2D eigenvalue weighted by Crippen LogP contribution is 2.31. The third kappa shape index (κ3) is 3.51. The molecule has 0 atom stereocenters. The molecule has 0 aliphatic heterocycles. The van der Waals surface area contributed by atoms with Gasteiger partial charge in [0.15, 0.2) is 17.4 Å². The third-order valence-electron chi connectivity index (χ3n) is 3.42. The number of anilines is 1. The van der Waals surface area contributed by atoms with Gasteiger partial charge in [-0.15, -0.1) is 10.2 Å². The molecule has 2 aromatic heterocycles. The molecule has 0 bridgehead atoms. The monoisotopic (exact) mass is 351 g/mol. The Balaban J connectivity index is 1.41. The fourth-order valence-electron chi connectivity index (χ4n) is 2.28. The molecular weight excluding hydrogens is 338 g/mol. The molecule has 0 fully saturated rings. The maximum atomic E-state index is 12.0. The molecule has 0 radical (unpaired) electrons. The van der Waals surface area contributed by atoms with E-state index in [-0.39, 0.29) is 12.5 Å². The van der Waals surface area contributed by atoms with Crippen molar-refractivity contribution in [1.29, 1.82) is 0 Å². The number of para-hydroxylation sites is 2. The van der Waals surface area contributed by atoms with E-state index in [1.165, 1.54) is 11.3 Å². The molecular formula is C18H13N3O3S. The quantitative estimate of drug-likeness (QED) is 0.589. The minimum atomic E-state index is -0.295. The number of nitrogens with zero attached hydrogens (tertiary/aromatic N) is 2. The van der Waals surface area contributed by atoms with Crippen LogP contribution in [0.3, 0.4) is 0 Å². The Labute approximate surface area is 147 Å². The van der Waals surface area contributed by atoms with Gasteiger partial charge in [-0.1, -0.05) is 47.7 Å². The predicted molar refractivity (Wildman–Crippen MR) is 95.7 cm³/mol. The van der Waals surface area contributed by atoms with Crippen molar-refractivity contribution in [3.8, 4) is 16.5 Å². The lowest BCUT2D eigenvalue weighted by atomic mass is 10.2. The van der Waals surface area contributed by atoms with Gasteiger partial charge in [0.1, 0.15) is 11.3 Å². The summed E-state index contributed by atoms with van der Waals surface area (Å²) in [5, 5.41) is 12.7. The van der Waals surface area contributed by atoms with Gasteiger partial charge >= 0.3 is 0 Å². The molecule has 124 valence electrons. The van der Waals surface area contributed by atoms with E-state index in [4.69, 9.17) is 9.15 Å². The number of ether oxygens (including phenoxy) is 1. The molecule has 4 rings (SSSR count). The van der Waals surface area contributed by atoms with Gasteiger partial charge in [0.05, 0.1) is 0 Å². The van der Waals surface area contributed by atoms with E-state index in [0.717, 1.165) is 11.0 Å². The maximum absolute atomic E-state index is 12.0. The van der Waals surface area contributed by atoms with E-state index in [1.54, 1.807) is 12.1 Å². The van der Waals surface area contributed by atoms with Crippen LogP contribution in [0.25, 0.3) is 21.7 Å². The Hall–Kier alpha value is -3.19. The first-order valence-electron chi connectivity index (χ1n) is 7.58. The molecule has 2 heterocycles. The number of aromatic nitrogens is 2. The zero-order valence-corrected chi connectivity index (χ0v) is 13.8. The second-order valence-electron chi connectivity index (χ2n) is 5.21.